The van der Waals surface area contributed by atoms with Gasteiger partial charge in [-0.05, 0) is 54.9 Å². The van der Waals surface area contributed by atoms with Crippen molar-refractivity contribution in [2.75, 3.05) is 11.9 Å². The van der Waals surface area contributed by atoms with Crippen LogP contribution in [0.3, 0.4) is 0 Å². The summed E-state index contributed by atoms with van der Waals surface area (Å²) in [5.41, 5.74) is 2.09. The lowest BCUT2D eigenvalue weighted by molar-refractivity contribution is 0.292. The third-order valence-corrected chi connectivity index (χ3v) is 5.02. The predicted octanol–water partition coefficient (Wildman–Crippen LogP) is 4.41. The van der Waals surface area contributed by atoms with Crippen LogP contribution < -0.4 is 10.6 Å². The van der Waals surface area contributed by atoms with Crippen LogP contribution in [0.25, 0.3) is 0 Å². The molecule has 1 aromatic carbocycles. The van der Waals surface area contributed by atoms with E-state index in [4.69, 9.17) is 12.2 Å². The Balaban J connectivity index is 1.68. The summed E-state index contributed by atoms with van der Waals surface area (Å²) in [7, 11) is 0. The molecule has 1 aliphatic rings. The van der Waals surface area contributed by atoms with Crippen molar-refractivity contribution in [1.82, 2.24) is 10.3 Å². The molecule has 0 radical (unpaired) electrons. The normalized spacial score (nSPS) is 16.4. The van der Waals surface area contributed by atoms with Crippen molar-refractivity contribution in [1.29, 1.82) is 0 Å². The highest BCUT2D eigenvalue weighted by atomic mass is 32.1. The van der Waals surface area contributed by atoms with Gasteiger partial charge in [-0.3, -0.25) is 4.98 Å². The number of thiocarbonyl (C=S) groups is 1. The zero-order chi connectivity index (χ0) is 16.8. The number of nitrogens with one attached hydrogen (secondary N) is 2. The molecule has 3 nitrogen and oxygen atoms in total. The van der Waals surface area contributed by atoms with Crippen molar-refractivity contribution in [3.8, 4) is 0 Å². The SMILES string of the molecule is Fc1ccc(C2(CNC(=S)Nc3cccnc3)CCCCC2)cc1. The van der Waals surface area contributed by atoms with Crippen LogP contribution >= 0.6 is 12.2 Å². The van der Waals surface area contributed by atoms with Crippen LogP contribution in [0.1, 0.15) is 37.7 Å². The number of pyridine rings is 1. The molecular formula is C19H22FN3S. The minimum atomic E-state index is -0.188. The molecule has 0 spiro atoms. The zero-order valence-electron chi connectivity index (χ0n) is 13.6. The van der Waals surface area contributed by atoms with E-state index in [1.165, 1.54) is 24.8 Å². The number of aromatic nitrogens is 1. The lowest BCUT2D eigenvalue weighted by Gasteiger charge is -2.38. The van der Waals surface area contributed by atoms with Gasteiger partial charge < -0.3 is 10.6 Å². The highest BCUT2D eigenvalue weighted by Gasteiger charge is 2.33. The van der Waals surface area contributed by atoms with Crippen LogP contribution in [0.2, 0.25) is 0 Å². The van der Waals surface area contributed by atoms with E-state index in [9.17, 15) is 4.39 Å². The van der Waals surface area contributed by atoms with Gasteiger partial charge in [0.25, 0.3) is 0 Å². The van der Waals surface area contributed by atoms with E-state index in [-0.39, 0.29) is 11.2 Å². The van der Waals surface area contributed by atoms with E-state index in [0.29, 0.717) is 5.11 Å². The van der Waals surface area contributed by atoms with Crippen LogP contribution in [0.15, 0.2) is 48.8 Å². The Labute approximate surface area is 147 Å². The molecule has 2 N–H and O–H groups in total. The van der Waals surface area contributed by atoms with Gasteiger partial charge in [0.2, 0.25) is 0 Å². The third-order valence-electron chi connectivity index (χ3n) is 4.77. The predicted molar refractivity (Wildman–Crippen MR) is 99.6 cm³/mol. The summed E-state index contributed by atoms with van der Waals surface area (Å²) in [6.07, 6.45) is 9.32. The molecule has 0 amide bonds. The number of benzene rings is 1. The average molecular weight is 343 g/mol. The molecule has 3 rings (SSSR count). The molecular weight excluding hydrogens is 321 g/mol. The number of anilines is 1. The highest BCUT2D eigenvalue weighted by molar-refractivity contribution is 7.80. The first-order valence-corrected chi connectivity index (χ1v) is 8.80. The molecule has 1 fully saturated rings. The third kappa shape index (κ3) is 4.09. The Bertz CT molecular complexity index is 667. The summed E-state index contributed by atoms with van der Waals surface area (Å²) >= 11 is 5.41. The molecule has 0 unspecified atom stereocenters. The molecule has 126 valence electrons. The number of nitrogens with zero attached hydrogens (tertiary/aromatic N) is 1. The lowest BCUT2D eigenvalue weighted by Crippen LogP contribution is -2.43. The van der Waals surface area contributed by atoms with E-state index in [0.717, 1.165) is 25.1 Å². The van der Waals surface area contributed by atoms with E-state index in [1.807, 2.05) is 24.3 Å². The second-order valence-corrected chi connectivity index (χ2v) is 6.81. The number of hydrogen-bond donors (Lipinski definition) is 2. The first kappa shape index (κ1) is 16.8. The lowest BCUT2D eigenvalue weighted by atomic mass is 9.69. The van der Waals surface area contributed by atoms with E-state index in [1.54, 1.807) is 24.5 Å². The van der Waals surface area contributed by atoms with Gasteiger partial charge >= 0.3 is 0 Å². The van der Waals surface area contributed by atoms with Gasteiger partial charge in [0.15, 0.2) is 5.11 Å². The number of halogens is 1. The Morgan fingerprint density at radius 3 is 2.54 bits per heavy atom. The largest absolute Gasteiger partial charge is 0.362 e. The van der Waals surface area contributed by atoms with Crippen molar-refractivity contribution in [2.24, 2.45) is 0 Å². The van der Waals surface area contributed by atoms with E-state index >= 15 is 0 Å². The van der Waals surface area contributed by atoms with Crippen LogP contribution in [-0.4, -0.2) is 16.6 Å². The van der Waals surface area contributed by atoms with Gasteiger partial charge in [-0.25, -0.2) is 4.39 Å². The molecule has 24 heavy (non-hydrogen) atoms. The van der Waals surface area contributed by atoms with Gasteiger partial charge in [0, 0.05) is 18.2 Å². The smallest absolute Gasteiger partial charge is 0.170 e. The summed E-state index contributed by atoms with van der Waals surface area (Å²) in [6.45, 7) is 0.755. The van der Waals surface area contributed by atoms with Crippen molar-refractivity contribution < 1.29 is 4.39 Å². The quantitative estimate of drug-likeness (QED) is 0.807. The van der Waals surface area contributed by atoms with Crippen molar-refractivity contribution in [3.05, 3.63) is 60.2 Å². The maximum absolute atomic E-state index is 13.3. The highest BCUT2D eigenvalue weighted by Crippen LogP contribution is 2.39. The Kier molecular flexibility index (Phi) is 5.41. The second kappa shape index (κ2) is 7.71. The first-order valence-electron chi connectivity index (χ1n) is 8.39. The molecule has 0 bridgehead atoms. The fourth-order valence-electron chi connectivity index (χ4n) is 3.46. The fourth-order valence-corrected chi connectivity index (χ4v) is 3.65. The van der Waals surface area contributed by atoms with E-state index in [2.05, 4.69) is 15.6 Å². The van der Waals surface area contributed by atoms with E-state index < -0.39 is 0 Å². The standard InChI is InChI=1S/C19H22FN3S/c20-16-8-6-15(7-9-16)19(10-2-1-3-11-19)14-22-18(24)23-17-5-4-12-21-13-17/h4-9,12-13H,1-3,10-11,14H2,(H2,22,23,24). The maximum Gasteiger partial charge on any atom is 0.170 e. The van der Waals surface area contributed by atoms with Crippen LogP contribution in [0.5, 0.6) is 0 Å². The maximum atomic E-state index is 13.3. The van der Waals surface area contributed by atoms with Crippen molar-refractivity contribution in [2.45, 2.75) is 37.5 Å². The molecule has 1 aliphatic carbocycles. The van der Waals surface area contributed by atoms with Gasteiger partial charge in [0.1, 0.15) is 5.82 Å². The molecule has 5 heteroatoms. The van der Waals surface area contributed by atoms with Crippen LogP contribution in [-0.2, 0) is 5.41 Å². The molecule has 1 saturated carbocycles. The number of rotatable bonds is 4. The summed E-state index contributed by atoms with van der Waals surface area (Å²) in [5, 5.41) is 7.10. The van der Waals surface area contributed by atoms with Gasteiger partial charge in [0.05, 0.1) is 11.9 Å². The minimum absolute atomic E-state index is 0.0205. The molecule has 0 atom stereocenters. The zero-order valence-corrected chi connectivity index (χ0v) is 14.4. The molecule has 2 aromatic rings. The first-order chi connectivity index (χ1) is 11.7. The second-order valence-electron chi connectivity index (χ2n) is 6.40. The Morgan fingerprint density at radius 1 is 1.12 bits per heavy atom. The van der Waals surface area contributed by atoms with Crippen molar-refractivity contribution >= 4 is 23.0 Å². The molecule has 0 saturated heterocycles. The summed E-state index contributed by atoms with van der Waals surface area (Å²) < 4.78 is 13.3. The summed E-state index contributed by atoms with van der Waals surface area (Å²) in [4.78, 5) is 4.07. The van der Waals surface area contributed by atoms with Crippen LogP contribution in [0, 0.1) is 5.82 Å². The van der Waals surface area contributed by atoms with Gasteiger partial charge in [-0.15, -0.1) is 0 Å². The van der Waals surface area contributed by atoms with Crippen molar-refractivity contribution in [3.63, 3.8) is 0 Å². The number of hydrogen-bond acceptors (Lipinski definition) is 2. The molecule has 1 aromatic heterocycles. The molecule has 0 aliphatic heterocycles. The minimum Gasteiger partial charge on any atom is -0.362 e. The molecule has 1 heterocycles. The Hall–Kier alpha value is -2.01. The van der Waals surface area contributed by atoms with Gasteiger partial charge in [-0.2, -0.15) is 0 Å². The summed E-state index contributed by atoms with van der Waals surface area (Å²) in [5.74, 6) is -0.188. The Morgan fingerprint density at radius 2 is 1.88 bits per heavy atom. The average Bonchev–Trinajstić information content (AvgIpc) is 2.62. The topological polar surface area (TPSA) is 37.0 Å². The monoisotopic (exact) mass is 343 g/mol. The fraction of sp³-hybridized carbons (Fsp3) is 0.368. The van der Waals surface area contributed by atoms with Gasteiger partial charge in [-0.1, -0.05) is 31.4 Å². The summed E-state index contributed by atoms with van der Waals surface area (Å²) in [6, 6.07) is 10.7. The van der Waals surface area contributed by atoms with Crippen LogP contribution in [0.4, 0.5) is 10.1 Å².